The highest BCUT2D eigenvalue weighted by Crippen LogP contribution is 2.25. The zero-order chi connectivity index (χ0) is 19.6. The summed E-state index contributed by atoms with van der Waals surface area (Å²) in [5, 5.41) is 2.92. The molecule has 0 saturated heterocycles. The van der Waals surface area contributed by atoms with Crippen LogP contribution in [0.1, 0.15) is 12.2 Å². The normalized spacial score (nSPS) is 10.8. The number of rotatable bonds is 5. The van der Waals surface area contributed by atoms with E-state index in [1.165, 1.54) is 19.0 Å². The molecule has 8 heteroatoms. The number of hydrogen-bond acceptors (Lipinski definition) is 4. The summed E-state index contributed by atoms with van der Waals surface area (Å²) >= 11 is 0. The quantitative estimate of drug-likeness (QED) is 0.722. The summed E-state index contributed by atoms with van der Waals surface area (Å²) in [7, 11) is 3.05. The number of aryl methyl sites for hydroxylation is 1. The first kappa shape index (κ1) is 18.5. The average molecular weight is 372 g/mol. The minimum absolute atomic E-state index is 0.0000493. The van der Waals surface area contributed by atoms with Crippen LogP contribution in [0.5, 0.6) is 0 Å². The van der Waals surface area contributed by atoms with E-state index in [0.29, 0.717) is 16.7 Å². The highest BCUT2D eigenvalue weighted by Gasteiger charge is 2.14. The van der Waals surface area contributed by atoms with Crippen LogP contribution >= 0.6 is 0 Å². The average Bonchev–Trinajstić information content (AvgIpc) is 2.59. The van der Waals surface area contributed by atoms with Gasteiger partial charge in [-0.05, 0) is 24.3 Å². The Morgan fingerprint density at radius 3 is 2.52 bits per heavy atom. The molecule has 0 bridgehead atoms. The van der Waals surface area contributed by atoms with Gasteiger partial charge in [-0.25, -0.2) is 13.8 Å². The molecule has 140 valence electrons. The van der Waals surface area contributed by atoms with Crippen LogP contribution in [0.2, 0.25) is 0 Å². The maximum Gasteiger partial charge on any atom is 0.258 e. The van der Waals surface area contributed by atoms with E-state index < -0.39 is 17.5 Å². The number of fused-ring (bicyclic) bond motifs is 1. The van der Waals surface area contributed by atoms with Gasteiger partial charge in [-0.3, -0.25) is 9.59 Å². The van der Waals surface area contributed by atoms with Gasteiger partial charge in [0.2, 0.25) is 5.91 Å². The summed E-state index contributed by atoms with van der Waals surface area (Å²) in [4.78, 5) is 32.4. The van der Waals surface area contributed by atoms with E-state index in [-0.39, 0.29) is 29.8 Å². The van der Waals surface area contributed by atoms with E-state index in [0.717, 1.165) is 12.1 Å². The minimum atomic E-state index is -0.768. The van der Waals surface area contributed by atoms with Crippen LogP contribution in [0.4, 0.5) is 20.2 Å². The van der Waals surface area contributed by atoms with Crippen molar-refractivity contribution in [3.05, 3.63) is 64.2 Å². The van der Waals surface area contributed by atoms with E-state index in [9.17, 15) is 18.4 Å². The molecule has 0 aliphatic carbocycles. The van der Waals surface area contributed by atoms with Gasteiger partial charge in [0.25, 0.3) is 5.56 Å². The summed E-state index contributed by atoms with van der Waals surface area (Å²) in [6.07, 6.45) is 0.187. The zero-order valence-electron chi connectivity index (χ0n) is 14.8. The Morgan fingerprint density at radius 1 is 1.19 bits per heavy atom. The Labute approximate surface area is 153 Å². The number of H-pyrrole nitrogens is 1. The van der Waals surface area contributed by atoms with Crippen molar-refractivity contribution < 1.29 is 13.6 Å². The van der Waals surface area contributed by atoms with Crippen molar-refractivity contribution in [2.45, 2.75) is 12.8 Å². The lowest BCUT2D eigenvalue weighted by molar-refractivity contribution is -0.116. The molecule has 1 aromatic heterocycles. The van der Waals surface area contributed by atoms with Gasteiger partial charge in [-0.1, -0.05) is 12.1 Å². The van der Waals surface area contributed by atoms with Gasteiger partial charge in [0, 0.05) is 32.6 Å². The monoisotopic (exact) mass is 372 g/mol. The minimum Gasteiger partial charge on any atom is -0.373 e. The van der Waals surface area contributed by atoms with Gasteiger partial charge in [-0.2, -0.15) is 0 Å². The van der Waals surface area contributed by atoms with Crippen molar-refractivity contribution in [3.8, 4) is 0 Å². The largest absolute Gasteiger partial charge is 0.373 e. The van der Waals surface area contributed by atoms with E-state index in [1.54, 1.807) is 24.3 Å². The number of aromatic amines is 1. The highest BCUT2D eigenvalue weighted by molar-refractivity contribution is 5.91. The van der Waals surface area contributed by atoms with Crippen molar-refractivity contribution in [2.75, 3.05) is 24.3 Å². The number of para-hydroxylation sites is 1. The molecule has 0 radical (unpaired) electrons. The number of halogens is 2. The van der Waals surface area contributed by atoms with Crippen molar-refractivity contribution in [1.29, 1.82) is 0 Å². The second-order valence-electron chi connectivity index (χ2n) is 6.26. The fourth-order valence-corrected chi connectivity index (χ4v) is 2.77. The van der Waals surface area contributed by atoms with Crippen LogP contribution in [-0.2, 0) is 11.2 Å². The Hall–Kier alpha value is -3.29. The lowest BCUT2D eigenvalue weighted by Gasteiger charge is -2.15. The van der Waals surface area contributed by atoms with Gasteiger partial charge in [-0.15, -0.1) is 0 Å². The van der Waals surface area contributed by atoms with Crippen LogP contribution in [-0.4, -0.2) is 30.0 Å². The number of nitrogens with zero attached hydrogens (tertiary/aromatic N) is 2. The first-order valence-corrected chi connectivity index (χ1v) is 8.29. The molecule has 1 heterocycles. The molecule has 6 nitrogen and oxygen atoms in total. The van der Waals surface area contributed by atoms with Gasteiger partial charge < -0.3 is 15.2 Å². The first-order chi connectivity index (χ1) is 12.8. The number of carbonyl (C=O) groups excluding carboxylic acids is 1. The fourth-order valence-electron chi connectivity index (χ4n) is 2.77. The molecule has 0 aliphatic heterocycles. The number of amides is 1. The molecule has 0 aliphatic rings. The third-order valence-electron chi connectivity index (χ3n) is 4.00. The molecule has 3 rings (SSSR count). The van der Waals surface area contributed by atoms with E-state index in [4.69, 9.17) is 0 Å². The van der Waals surface area contributed by atoms with Crippen LogP contribution in [0.15, 0.2) is 41.2 Å². The molecular formula is C19H18F2N4O2. The molecule has 2 aromatic carbocycles. The highest BCUT2D eigenvalue weighted by atomic mass is 19.1. The standard InChI is InChI=1S/C19H18F2N4O2/c1-25(2)18-13(20)9-11(10-14(18)21)22-17(26)8-7-16-23-15-6-4-3-5-12(15)19(27)24-16/h3-6,9-10H,7-8H2,1-2H3,(H,22,26)(H,23,24,27). The van der Waals surface area contributed by atoms with Gasteiger partial charge in [0.15, 0.2) is 11.6 Å². The summed E-state index contributed by atoms with van der Waals surface area (Å²) in [5.74, 6) is -1.61. The number of nitrogens with one attached hydrogen (secondary N) is 2. The molecule has 27 heavy (non-hydrogen) atoms. The van der Waals surface area contributed by atoms with Crippen LogP contribution in [0, 0.1) is 11.6 Å². The van der Waals surface area contributed by atoms with Gasteiger partial charge in [0.1, 0.15) is 11.5 Å². The van der Waals surface area contributed by atoms with E-state index >= 15 is 0 Å². The lowest BCUT2D eigenvalue weighted by Crippen LogP contribution is -2.17. The summed E-state index contributed by atoms with van der Waals surface area (Å²) in [6.45, 7) is 0. The molecule has 0 fully saturated rings. The first-order valence-electron chi connectivity index (χ1n) is 8.29. The smallest absolute Gasteiger partial charge is 0.258 e. The number of aromatic nitrogens is 2. The molecule has 0 atom stereocenters. The number of carbonyl (C=O) groups is 1. The zero-order valence-corrected chi connectivity index (χ0v) is 14.8. The predicted molar refractivity (Wildman–Crippen MR) is 100.0 cm³/mol. The Bertz CT molecular complexity index is 1040. The Morgan fingerprint density at radius 2 is 1.85 bits per heavy atom. The molecule has 0 saturated carbocycles. The summed E-state index contributed by atoms with van der Waals surface area (Å²) < 4.78 is 27.9. The number of hydrogen-bond donors (Lipinski definition) is 2. The molecule has 0 spiro atoms. The van der Waals surface area contributed by atoms with Crippen molar-refractivity contribution >= 4 is 28.2 Å². The third kappa shape index (κ3) is 4.11. The number of anilines is 2. The van der Waals surface area contributed by atoms with Crippen molar-refractivity contribution in [3.63, 3.8) is 0 Å². The second kappa shape index (κ2) is 7.53. The number of benzene rings is 2. The third-order valence-corrected chi connectivity index (χ3v) is 4.00. The predicted octanol–water partition coefficient (Wildman–Crippen LogP) is 2.84. The molecule has 1 amide bonds. The second-order valence-corrected chi connectivity index (χ2v) is 6.26. The van der Waals surface area contributed by atoms with Gasteiger partial charge >= 0.3 is 0 Å². The van der Waals surface area contributed by atoms with Crippen LogP contribution < -0.4 is 15.8 Å². The van der Waals surface area contributed by atoms with E-state index in [2.05, 4.69) is 15.3 Å². The summed E-state index contributed by atoms with van der Waals surface area (Å²) in [5.41, 5.74) is 0.117. The van der Waals surface area contributed by atoms with Gasteiger partial charge in [0.05, 0.1) is 10.9 Å². The molecule has 0 unspecified atom stereocenters. The fraction of sp³-hybridized carbons (Fsp3) is 0.211. The maximum atomic E-state index is 14.0. The van der Waals surface area contributed by atoms with E-state index in [1.807, 2.05) is 0 Å². The summed E-state index contributed by atoms with van der Waals surface area (Å²) in [6, 6.07) is 9.01. The van der Waals surface area contributed by atoms with Crippen molar-refractivity contribution in [1.82, 2.24) is 9.97 Å². The van der Waals surface area contributed by atoms with Crippen molar-refractivity contribution in [2.24, 2.45) is 0 Å². The topological polar surface area (TPSA) is 78.1 Å². The van der Waals surface area contributed by atoms with Crippen LogP contribution in [0.25, 0.3) is 10.9 Å². The SMILES string of the molecule is CN(C)c1c(F)cc(NC(=O)CCc2nc3ccccc3c(=O)[nH]2)cc1F. The molecule has 2 N–H and O–H groups in total. The Kier molecular flexibility index (Phi) is 5.16. The molecule has 3 aromatic rings. The maximum absolute atomic E-state index is 14.0. The lowest BCUT2D eigenvalue weighted by atomic mass is 10.2. The van der Waals surface area contributed by atoms with Crippen LogP contribution in [0.3, 0.4) is 0 Å². The molecular weight excluding hydrogens is 354 g/mol. The Balaban J connectivity index is 1.69.